The molecule has 1 fully saturated rings. The second-order valence-electron chi connectivity index (χ2n) is 8.41. The predicted octanol–water partition coefficient (Wildman–Crippen LogP) is 5.32. The summed E-state index contributed by atoms with van der Waals surface area (Å²) in [6.07, 6.45) is 2.74. The van der Waals surface area contributed by atoms with Gasteiger partial charge >= 0.3 is 0 Å². The Balaban J connectivity index is 1.31. The zero-order valence-electron chi connectivity index (χ0n) is 18.6. The molecule has 1 aliphatic rings. The van der Waals surface area contributed by atoms with E-state index in [1.807, 2.05) is 24.0 Å². The Hall–Kier alpha value is -1.78. The van der Waals surface area contributed by atoms with Gasteiger partial charge in [-0.2, -0.15) is 0 Å². The number of ether oxygens (including phenoxy) is 1. The van der Waals surface area contributed by atoms with Crippen LogP contribution in [0.4, 0.5) is 0 Å². The number of piperidine rings is 1. The van der Waals surface area contributed by atoms with Crippen molar-refractivity contribution in [3.63, 3.8) is 0 Å². The molecule has 1 aliphatic heterocycles. The van der Waals surface area contributed by atoms with Crippen molar-refractivity contribution in [3.8, 4) is 0 Å². The second kappa shape index (κ2) is 11.3. The van der Waals surface area contributed by atoms with Crippen LogP contribution in [0, 0.1) is 6.92 Å². The van der Waals surface area contributed by atoms with E-state index < -0.39 is 6.10 Å². The minimum absolute atomic E-state index is 0.0111. The highest BCUT2D eigenvalue weighted by Crippen LogP contribution is 2.28. The largest absolute Gasteiger partial charge is 0.386 e. The van der Waals surface area contributed by atoms with Crippen LogP contribution in [0.1, 0.15) is 46.1 Å². The number of aliphatic hydroxyl groups is 1. The summed E-state index contributed by atoms with van der Waals surface area (Å²) in [5.74, 6) is -0.0111. The zero-order chi connectivity index (χ0) is 24.2. The Morgan fingerprint density at radius 1 is 1.26 bits per heavy atom. The van der Waals surface area contributed by atoms with E-state index in [1.165, 1.54) is 0 Å². The molecule has 4 rings (SSSR count). The Morgan fingerprint density at radius 2 is 2.03 bits per heavy atom. The lowest BCUT2D eigenvalue weighted by molar-refractivity contribution is -0.00792. The van der Waals surface area contributed by atoms with Crippen LogP contribution < -0.4 is 0 Å². The van der Waals surface area contributed by atoms with Crippen LogP contribution in [0.15, 0.2) is 51.5 Å². The van der Waals surface area contributed by atoms with Gasteiger partial charge in [-0.05, 0) is 71.1 Å². The SMILES string of the molecule is Cc1cc(Br)c(C(=O)N2CCCC(OCc3cn(C[C@@H](O)c4ccc(Cl)cc4)nn3)C2)cc1Br. The summed E-state index contributed by atoms with van der Waals surface area (Å²) >= 11 is 12.9. The van der Waals surface area contributed by atoms with Gasteiger partial charge in [-0.3, -0.25) is 4.79 Å². The van der Waals surface area contributed by atoms with Crippen LogP contribution in [0.2, 0.25) is 5.02 Å². The highest BCUT2D eigenvalue weighted by Gasteiger charge is 2.26. The number of benzene rings is 2. The number of aromatic nitrogens is 3. The van der Waals surface area contributed by atoms with E-state index in [0.29, 0.717) is 36.0 Å². The van der Waals surface area contributed by atoms with Crippen molar-refractivity contribution in [1.82, 2.24) is 19.9 Å². The molecule has 0 radical (unpaired) electrons. The van der Waals surface area contributed by atoms with E-state index in [0.717, 1.165) is 32.9 Å². The number of hydrogen-bond acceptors (Lipinski definition) is 5. The van der Waals surface area contributed by atoms with Crippen molar-refractivity contribution in [2.45, 2.75) is 45.1 Å². The van der Waals surface area contributed by atoms with Crippen molar-refractivity contribution < 1.29 is 14.6 Å². The van der Waals surface area contributed by atoms with E-state index in [4.69, 9.17) is 16.3 Å². The van der Waals surface area contributed by atoms with Crippen LogP contribution in [-0.2, 0) is 17.9 Å². The molecule has 180 valence electrons. The van der Waals surface area contributed by atoms with Gasteiger partial charge in [-0.15, -0.1) is 5.10 Å². The molecule has 1 unspecified atom stereocenters. The fourth-order valence-electron chi connectivity index (χ4n) is 3.90. The fourth-order valence-corrected chi connectivity index (χ4v) is 5.00. The maximum absolute atomic E-state index is 13.1. The molecule has 0 saturated carbocycles. The molecule has 1 amide bonds. The van der Waals surface area contributed by atoms with E-state index >= 15 is 0 Å². The molecule has 34 heavy (non-hydrogen) atoms. The van der Waals surface area contributed by atoms with Crippen LogP contribution in [0.25, 0.3) is 0 Å². The molecule has 0 spiro atoms. The lowest BCUT2D eigenvalue weighted by Crippen LogP contribution is -2.43. The number of likely N-dealkylation sites (tertiary alicyclic amines) is 1. The van der Waals surface area contributed by atoms with E-state index in [1.54, 1.807) is 35.1 Å². The van der Waals surface area contributed by atoms with Crippen molar-refractivity contribution in [3.05, 3.63) is 78.9 Å². The monoisotopic (exact) mass is 610 g/mol. The molecular weight excluding hydrogens is 588 g/mol. The van der Waals surface area contributed by atoms with Crippen LogP contribution in [0.5, 0.6) is 0 Å². The van der Waals surface area contributed by atoms with Crippen molar-refractivity contribution in [2.24, 2.45) is 0 Å². The molecule has 1 N–H and O–H groups in total. The number of amides is 1. The number of hydrogen-bond donors (Lipinski definition) is 1. The minimum Gasteiger partial charge on any atom is -0.386 e. The molecule has 2 atom stereocenters. The third kappa shape index (κ3) is 6.26. The highest BCUT2D eigenvalue weighted by atomic mass is 79.9. The maximum atomic E-state index is 13.1. The van der Waals surface area contributed by atoms with Crippen LogP contribution in [0.3, 0.4) is 0 Å². The quantitative estimate of drug-likeness (QED) is 0.391. The molecule has 10 heteroatoms. The number of carbonyl (C=O) groups excluding carboxylic acids is 1. The second-order valence-corrected chi connectivity index (χ2v) is 10.6. The standard InChI is InChI=1S/C24H25Br2ClN4O3/c1-15-9-22(26)20(10-21(15)25)24(33)30-8-2-3-19(12-30)34-14-18-11-31(29-28-18)13-23(32)16-4-6-17(27)7-5-16/h4-7,9-11,19,23,32H,2-3,8,12-14H2,1H3/t19?,23-/m1/s1. The first kappa shape index (κ1) is 25.3. The molecular formula is C24H25Br2ClN4O3. The van der Waals surface area contributed by atoms with Gasteiger partial charge in [0, 0.05) is 27.1 Å². The third-order valence-corrected chi connectivity index (χ3v) is 7.57. The molecule has 0 bridgehead atoms. The van der Waals surface area contributed by atoms with Gasteiger partial charge < -0.3 is 14.7 Å². The van der Waals surface area contributed by atoms with E-state index in [2.05, 4.69) is 42.2 Å². The normalized spacial score (nSPS) is 17.1. The first-order valence-corrected chi connectivity index (χ1v) is 13.0. The third-order valence-electron chi connectivity index (χ3n) is 5.81. The van der Waals surface area contributed by atoms with Gasteiger partial charge in [0.2, 0.25) is 0 Å². The number of rotatable bonds is 7. The van der Waals surface area contributed by atoms with Gasteiger partial charge in [0.25, 0.3) is 5.91 Å². The Bertz CT molecular complexity index is 1160. The minimum atomic E-state index is -0.716. The number of aryl methyl sites for hydroxylation is 1. The Kier molecular flexibility index (Phi) is 8.42. The van der Waals surface area contributed by atoms with Gasteiger partial charge in [-0.25, -0.2) is 4.68 Å². The smallest absolute Gasteiger partial charge is 0.255 e. The first-order chi connectivity index (χ1) is 16.3. The van der Waals surface area contributed by atoms with Crippen molar-refractivity contribution in [1.29, 1.82) is 0 Å². The molecule has 3 aromatic rings. The van der Waals surface area contributed by atoms with Crippen molar-refractivity contribution >= 4 is 49.4 Å². The van der Waals surface area contributed by atoms with Gasteiger partial charge in [0.05, 0.1) is 37.1 Å². The number of nitrogens with zero attached hydrogens (tertiary/aromatic N) is 4. The summed E-state index contributed by atoms with van der Waals surface area (Å²) in [5.41, 5.74) is 3.14. The number of halogens is 3. The Labute approximate surface area is 220 Å². The summed E-state index contributed by atoms with van der Waals surface area (Å²) in [7, 11) is 0. The Morgan fingerprint density at radius 3 is 2.79 bits per heavy atom. The fraction of sp³-hybridized carbons (Fsp3) is 0.375. The molecule has 1 aromatic heterocycles. The van der Waals surface area contributed by atoms with Gasteiger partial charge in [-0.1, -0.05) is 44.9 Å². The molecule has 1 saturated heterocycles. The highest BCUT2D eigenvalue weighted by molar-refractivity contribution is 9.11. The predicted molar refractivity (Wildman–Crippen MR) is 137 cm³/mol. The van der Waals surface area contributed by atoms with E-state index in [9.17, 15) is 9.90 Å². The average molecular weight is 613 g/mol. The first-order valence-electron chi connectivity index (χ1n) is 11.0. The summed E-state index contributed by atoms with van der Waals surface area (Å²) in [5, 5.41) is 19.3. The lowest BCUT2D eigenvalue weighted by Gasteiger charge is -2.33. The van der Waals surface area contributed by atoms with Crippen molar-refractivity contribution in [2.75, 3.05) is 13.1 Å². The summed E-state index contributed by atoms with van der Waals surface area (Å²) in [6.45, 7) is 3.79. The number of carbonyl (C=O) groups is 1. The summed E-state index contributed by atoms with van der Waals surface area (Å²) < 4.78 is 9.37. The zero-order valence-corrected chi connectivity index (χ0v) is 22.6. The lowest BCUT2D eigenvalue weighted by atomic mass is 10.1. The molecule has 0 aliphatic carbocycles. The maximum Gasteiger partial charge on any atom is 0.255 e. The average Bonchev–Trinajstić information content (AvgIpc) is 3.27. The van der Waals surface area contributed by atoms with Gasteiger partial charge in [0.1, 0.15) is 5.69 Å². The molecule has 2 heterocycles. The molecule has 2 aromatic carbocycles. The summed E-state index contributed by atoms with van der Waals surface area (Å²) in [4.78, 5) is 15.0. The van der Waals surface area contributed by atoms with Gasteiger partial charge in [0.15, 0.2) is 0 Å². The summed E-state index contributed by atoms with van der Waals surface area (Å²) in [6, 6.07) is 10.9. The molecule has 7 nitrogen and oxygen atoms in total. The van der Waals surface area contributed by atoms with Crippen LogP contribution >= 0.6 is 43.5 Å². The topological polar surface area (TPSA) is 80.5 Å². The van der Waals surface area contributed by atoms with Crippen LogP contribution in [-0.4, -0.2) is 50.1 Å². The van der Waals surface area contributed by atoms with E-state index in [-0.39, 0.29) is 18.6 Å². The number of aliphatic hydroxyl groups excluding tert-OH is 1.